The van der Waals surface area contributed by atoms with Crippen LogP contribution in [-0.2, 0) is 14.4 Å². The first-order valence-corrected chi connectivity index (χ1v) is 6.31. The molecule has 2 amide bonds. The van der Waals surface area contributed by atoms with E-state index >= 15 is 0 Å². The van der Waals surface area contributed by atoms with Gasteiger partial charge in [0.15, 0.2) is 0 Å². The van der Waals surface area contributed by atoms with E-state index in [1.165, 1.54) is 11.8 Å². The molecule has 0 spiro atoms. The second-order valence-electron chi connectivity index (χ2n) is 4.57. The van der Waals surface area contributed by atoms with Gasteiger partial charge in [-0.1, -0.05) is 0 Å². The Hall–Kier alpha value is -1.63. The maximum Gasteiger partial charge on any atom is 0.320 e. The van der Waals surface area contributed by atoms with Gasteiger partial charge in [0.25, 0.3) is 0 Å². The van der Waals surface area contributed by atoms with Crippen molar-refractivity contribution >= 4 is 17.8 Å². The van der Waals surface area contributed by atoms with Crippen LogP contribution in [0, 0.1) is 0 Å². The van der Waals surface area contributed by atoms with Gasteiger partial charge in [-0.05, 0) is 27.7 Å². The van der Waals surface area contributed by atoms with E-state index in [0.29, 0.717) is 6.54 Å². The van der Waals surface area contributed by atoms with E-state index in [9.17, 15) is 14.4 Å². The van der Waals surface area contributed by atoms with Gasteiger partial charge in [-0.25, -0.2) is 0 Å². The summed E-state index contributed by atoms with van der Waals surface area (Å²) in [5, 5.41) is 14.0. The number of hydrogen-bond donors (Lipinski definition) is 3. The average Bonchev–Trinajstić information content (AvgIpc) is 2.31. The molecule has 0 fully saturated rings. The molecule has 1 atom stereocenters. The minimum Gasteiger partial charge on any atom is -0.480 e. The minimum atomic E-state index is -1.02. The lowest BCUT2D eigenvalue weighted by molar-refractivity contribution is -0.140. The number of nitrogens with zero attached hydrogens (tertiary/aromatic N) is 1. The molecule has 110 valence electrons. The van der Waals surface area contributed by atoms with Gasteiger partial charge in [-0.15, -0.1) is 0 Å². The number of hydrogen-bond acceptors (Lipinski definition) is 4. The number of amides is 2. The summed E-state index contributed by atoms with van der Waals surface area (Å²) in [4.78, 5) is 35.3. The third-order valence-electron chi connectivity index (χ3n) is 2.45. The molecule has 0 radical (unpaired) electrons. The molecule has 0 saturated carbocycles. The quantitative estimate of drug-likeness (QED) is 0.549. The highest BCUT2D eigenvalue weighted by Gasteiger charge is 2.18. The minimum absolute atomic E-state index is 0.0172. The van der Waals surface area contributed by atoms with E-state index in [0.717, 1.165) is 0 Å². The van der Waals surface area contributed by atoms with Crippen LogP contribution in [-0.4, -0.2) is 59.5 Å². The molecular weight excluding hydrogens is 250 g/mol. The molecule has 0 unspecified atom stereocenters. The van der Waals surface area contributed by atoms with E-state index in [1.54, 1.807) is 6.92 Å². The molecule has 0 saturated heterocycles. The molecule has 0 aliphatic heterocycles. The van der Waals surface area contributed by atoms with Crippen LogP contribution in [0.3, 0.4) is 0 Å². The van der Waals surface area contributed by atoms with E-state index in [-0.39, 0.29) is 30.9 Å². The Morgan fingerprint density at radius 3 is 2.21 bits per heavy atom. The number of carbonyl (C=O) groups is 3. The fraction of sp³-hybridized carbons (Fsp3) is 0.750. The summed E-state index contributed by atoms with van der Waals surface area (Å²) >= 11 is 0. The lowest BCUT2D eigenvalue weighted by Gasteiger charge is -2.22. The number of carboxylic acid groups (broad SMARTS) is 1. The number of aliphatic carboxylic acids is 1. The Labute approximate surface area is 113 Å². The summed E-state index contributed by atoms with van der Waals surface area (Å²) in [7, 11) is 0. The van der Waals surface area contributed by atoms with Crippen LogP contribution < -0.4 is 10.6 Å². The average molecular weight is 273 g/mol. The summed E-state index contributed by atoms with van der Waals surface area (Å²) in [5.74, 6) is -1.54. The van der Waals surface area contributed by atoms with Crippen molar-refractivity contribution in [2.24, 2.45) is 0 Å². The Kier molecular flexibility index (Phi) is 7.74. The molecule has 0 aromatic rings. The number of nitrogens with one attached hydrogen (secondary N) is 2. The van der Waals surface area contributed by atoms with Gasteiger partial charge in [-0.2, -0.15) is 0 Å². The van der Waals surface area contributed by atoms with Crippen LogP contribution in [0.25, 0.3) is 0 Å². The summed E-state index contributed by atoms with van der Waals surface area (Å²) in [6.07, 6.45) is 0. The molecule has 0 heterocycles. The number of likely N-dealkylation sites (N-methyl/N-ethyl adjacent to an activating group) is 1. The largest absolute Gasteiger partial charge is 0.480 e. The van der Waals surface area contributed by atoms with Gasteiger partial charge in [-0.3, -0.25) is 19.7 Å². The molecule has 3 N–H and O–H groups in total. The standard InChI is InChI=1S/C12H23N3O4/c1-5-15(7-10(16)14-8(2)3)11(17)6-13-9(4)12(18)19/h8-9,13H,5-7H2,1-4H3,(H,14,16)(H,18,19)/t9-/m0/s1. The summed E-state index contributed by atoms with van der Waals surface area (Å²) in [6.45, 7) is 7.18. The highest BCUT2D eigenvalue weighted by molar-refractivity contribution is 5.86. The van der Waals surface area contributed by atoms with Crippen molar-refractivity contribution in [1.82, 2.24) is 15.5 Å². The molecule has 0 aromatic carbocycles. The topological polar surface area (TPSA) is 98.7 Å². The van der Waals surface area contributed by atoms with Crippen molar-refractivity contribution in [2.45, 2.75) is 39.8 Å². The zero-order valence-electron chi connectivity index (χ0n) is 11.9. The number of carbonyl (C=O) groups excluding carboxylic acids is 2. The third kappa shape index (κ3) is 7.40. The van der Waals surface area contributed by atoms with Crippen LogP contribution in [0.5, 0.6) is 0 Å². The smallest absolute Gasteiger partial charge is 0.320 e. The van der Waals surface area contributed by atoms with Crippen LogP contribution in [0.2, 0.25) is 0 Å². The first kappa shape index (κ1) is 17.4. The van der Waals surface area contributed by atoms with Crippen molar-refractivity contribution < 1.29 is 19.5 Å². The predicted octanol–water partition coefficient (Wildman–Crippen LogP) is -0.578. The highest BCUT2D eigenvalue weighted by atomic mass is 16.4. The van der Waals surface area contributed by atoms with Crippen molar-refractivity contribution in [3.8, 4) is 0 Å². The Bertz CT molecular complexity index is 331. The van der Waals surface area contributed by atoms with Gasteiger partial charge in [0, 0.05) is 12.6 Å². The summed E-state index contributed by atoms with van der Waals surface area (Å²) in [5.41, 5.74) is 0. The first-order chi connectivity index (χ1) is 8.77. The number of rotatable bonds is 8. The second-order valence-corrected chi connectivity index (χ2v) is 4.57. The Balaban J connectivity index is 4.25. The van der Waals surface area contributed by atoms with Crippen LogP contribution in [0.4, 0.5) is 0 Å². The van der Waals surface area contributed by atoms with Gasteiger partial charge >= 0.3 is 5.97 Å². The Morgan fingerprint density at radius 2 is 1.79 bits per heavy atom. The van der Waals surface area contributed by atoms with Gasteiger partial charge in [0.1, 0.15) is 6.04 Å². The monoisotopic (exact) mass is 273 g/mol. The fourth-order valence-corrected chi connectivity index (χ4v) is 1.36. The molecule has 7 nitrogen and oxygen atoms in total. The summed E-state index contributed by atoms with van der Waals surface area (Å²) < 4.78 is 0. The first-order valence-electron chi connectivity index (χ1n) is 6.31. The maximum atomic E-state index is 11.8. The molecule has 0 rings (SSSR count). The third-order valence-corrected chi connectivity index (χ3v) is 2.45. The van der Waals surface area contributed by atoms with Crippen LogP contribution in [0.15, 0.2) is 0 Å². The van der Waals surface area contributed by atoms with Gasteiger partial charge in [0.2, 0.25) is 11.8 Å². The summed E-state index contributed by atoms with van der Waals surface area (Å²) in [6, 6.07) is -0.779. The van der Waals surface area contributed by atoms with Crippen LogP contribution >= 0.6 is 0 Å². The molecule has 0 aliphatic rings. The SMILES string of the molecule is CCN(CC(=O)NC(C)C)C(=O)CN[C@@H](C)C(=O)O. The van der Waals surface area contributed by atoms with Crippen LogP contribution in [0.1, 0.15) is 27.7 Å². The molecule has 0 bridgehead atoms. The normalized spacial score (nSPS) is 12.1. The Morgan fingerprint density at radius 1 is 1.21 bits per heavy atom. The van der Waals surface area contributed by atoms with Crippen molar-refractivity contribution in [1.29, 1.82) is 0 Å². The maximum absolute atomic E-state index is 11.8. The van der Waals surface area contributed by atoms with E-state index in [1.807, 2.05) is 13.8 Å². The molecular formula is C12H23N3O4. The van der Waals surface area contributed by atoms with E-state index < -0.39 is 12.0 Å². The molecule has 19 heavy (non-hydrogen) atoms. The highest BCUT2D eigenvalue weighted by Crippen LogP contribution is 1.91. The molecule has 0 aliphatic carbocycles. The van der Waals surface area contributed by atoms with Crippen molar-refractivity contribution in [3.63, 3.8) is 0 Å². The zero-order valence-corrected chi connectivity index (χ0v) is 11.9. The van der Waals surface area contributed by atoms with E-state index in [2.05, 4.69) is 10.6 Å². The molecule has 0 aromatic heterocycles. The van der Waals surface area contributed by atoms with Gasteiger partial charge < -0.3 is 15.3 Å². The lowest BCUT2D eigenvalue weighted by atomic mass is 10.3. The number of carboxylic acids is 1. The van der Waals surface area contributed by atoms with Crippen molar-refractivity contribution in [3.05, 3.63) is 0 Å². The van der Waals surface area contributed by atoms with Crippen molar-refractivity contribution in [2.75, 3.05) is 19.6 Å². The second kappa shape index (κ2) is 8.47. The zero-order chi connectivity index (χ0) is 15.0. The lowest BCUT2D eigenvalue weighted by Crippen LogP contribution is -2.47. The fourth-order valence-electron chi connectivity index (χ4n) is 1.36. The van der Waals surface area contributed by atoms with Gasteiger partial charge in [0.05, 0.1) is 13.1 Å². The predicted molar refractivity (Wildman–Crippen MR) is 70.6 cm³/mol. The van der Waals surface area contributed by atoms with E-state index in [4.69, 9.17) is 5.11 Å². The molecule has 7 heteroatoms.